The molecule has 0 saturated carbocycles. The van der Waals surface area contributed by atoms with E-state index in [4.69, 9.17) is 5.21 Å². The second kappa shape index (κ2) is 7.82. The predicted octanol–water partition coefficient (Wildman–Crippen LogP) is 1.46. The largest absolute Gasteiger partial charge is 0.300 e. The zero-order chi connectivity index (χ0) is 15.9. The molecule has 22 heavy (non-hydrogen) atoms. The van der Waals surface area contributed by atoms with Crippen LogP contribution in [0.3, 0.4) is 0 Å². The maximum absolute atomic E-state index is 12.8. The number of aromatic nitrogens is 2. The lowest BCUT2D eigenvalue weighted by molar-refractivity contribution is -0.126. The van der Waals surface area contributed by atoms with E-state index in [9.17, 15) is 14.0 Å². The van der Waals surface area contributed by atoms with E-state index in [-0.39, 0.29) is 23.9 Å². The van der Waals surface area contributed by atoms with E-state index in [1.165, 1.54) is 29.7 Å². The number of anilines is 1. The number of halogens is 1. The van der Waals surface area contributed by atoms with Crippen molar-refractivity contribution in [3.8, 4) is 0 Å². The number of hydroxylamine groups is 1. The third-order valence-electron chi connectivity index (χ3n) is 2.38. The summed E-state index contributed by atoms with van der Waals surface area (Å²) in [6.07, 6.45) is 0.0925. The molecule has 1 aromatic heterocycles. The normalized spacial score (nSPS) is 10.3. The molecule has 0 unspecified atom stereocenters. The molecular formula is C12H11FN4O3S2. The van der Waals surface area contributed by atoms with Gasteiger partial charge in [0.15, 0.2) is 4.34 Å². The van der Waals surface area contributed by atoms with Crippen molar-refractivity contribution in [1.82, 2.24) is 15.7 Å². The Bertz CT molecular complexity index is 663. The lowest BCUT2D eigenvalue weighted by Gasteiger charge is -2.01. The van der Waals surface area contributed by atoms with Gasteiger partial charge >= 0.3 is 0 Å². The second-order valence-corrected chi connectivity index (χ2v) is 6.25. The van der Waals surface area contributed by atoms with Gasteiger partial charge in [-0.25, -0.2) is 9.87 Å². The van der Waals surface area contributed by atoms with Crippen LogP contribution in [0.25, 0.3) is 0 Å². The van der Waals surface area contributed by atoms with Gasteiger partial charge in [0, 0.05) is 0 Å². The first kappa shape index (κ1) is 16.3. The molecule has 2 rings (SSSR count). The van der Waals surface area contributed by atoms with Gasteiger partial charge < -0.3 is 5.32 Å². The number of carbonyl (C=O) groups excluding carboxylic acids is 2. The quantitative estimate of drug-likeness (QED) is 0.318. The number of hydrogen-bond acceptors (Lipinski definition) is 7. The summed E-state index contributed by atoms with van der Waals surface area (Å²) in [7, 11) is 0. The van der Waals surface area contributed by atoms with Crippen LogP contribution in [0.5, 0.6) is 0 Å². The van der Waals surface area contributed by atoms with Gasteiger partial charge in [-0.15, -0.1) is 10.2 Å². The van der Waals surface area contributed by atoms with E-state index in [1.54, 1.807) is 0 Å². The van der Waals surface area contributed by atoms with Gasteiger partial charge in [-0.1, -0.05) is 35.2 Å². The Balaban J connectivity index is 1.85. The molecule has 0 aliphatic carbocycles. The molecule has 0 saturated heterocycles. The summed E-state index contributed by atoms with van der Waals surface area (Å²) in [5.41, 5.74) is 2.18. The average molecular weight is 342 g/mol. The minimum absolute atomic E-state index is 0.00530. The zero-order valence-electron chi connectivity index (χ0n) is 11.1. The van der Waals surface area contributed by atoms with Crippen LogP contribution in [0.4, 0.5) is 9.52 Å². The van der Waals surface area contributed by atoms with E-state index in [2.05, 4.69) is 15.5 Å². The summed E-state index contributed by atoms with van der Waals surface area (Å²) in [6, 6.07) is 5.64. The van der Waals surface area contributed by atoms with Crippen LogP contribution in [0.15, 0.2) is 28.6 Å². The molecule has 2 aromatic rings. The van der Waals surface area contributed by atoms with Gasteiger partial charge in [0.1, 0.15) is 5.82 Å². The van der Waals surface area contributed by atoms with Crippen LogP contribution in [-0.4, -0.2) is 33.0 Å². The van der Waals surface area contributed by atoms with Crippen LogP contribution in [0, 0.1) is 5.82 Å². The topological polar surface area (TPSA) is 104 Å². The highest BCUT2D eigenvalue weighted by atomic mass is 32.2. The van der Waals surface area contributed by atoms with Crippen LogP contribution >= 0.6 is 23.1 Å². The minimum atomic E-state index is -0.554. The molecule has 0 fully saturated rings. The van der Waals surface area contributed by atoms with Gasteiger partial charge in [-0.3, -0.25) is 14.8 Å². The summed E-state index contributed by atoms with van der Waals surface area (Å²) in [5, 5.41) is 18.8. The Hall–Kier alpha value is -2.04. The van der Waals surface area contributed by atoms with Crippen molar-refractivity contribution in [3.05, 3.63) is 35.6 Å². The van der Waals surface area contributed by atoms with Crippen molar-refractivity contribution in [3.63, 3.8) is 0 Å². The molecule has 3 N–H and O–H groups in total. The molecule has 0 spiro atoms. The number of thioether (sulfide) groups is 1. The van der Waals surface area contributed by atoms with Crippen molar-refractivity contribution < 1.29 is 19.2 Å². The number of rotatable bonds is 6. The lowest BCUT2D eigenvalue weighted by Crippen LogP contribution is -2.20. The highest BCUT2D eigenvalue weighted by Crippen LogP contribution is 2.25. The third-order valence-corrected chi connectivity index (χ3v) is 4.35. The maximum Gasteiger partial charge on any atom is 0.253 e. The number of nitrogens with zero attached hydrogens (tertiary/aromatic N) is 2. The molecule has 0 bridgehead atoms. The number of amides is 2. The molecule has 1 aromatic carbocycles. The number of nitrogens with one attached hydrogen (secondary N) is 2. The Morgan fingerprint density at radius 2 is 1.95 bits per heavy atom. The van der Waals surface area contributed by atoms with E-state index in [0.717, 1.165) is 23.1 Å². The summed E-state index contributed by atoms with van der Waals surface area (Å²) in [5.74, 6) is -1.22. The fraction of sp³-hybridized carbons (Fsp3) is 0.167. The fourth-order valence-corrected chi connectivity index (χ4v) is 2.99. The van der Waals surface area contributed by atoms with Crippen LogP contribution < -0.4 is 10.8 Å². The highest BCUT2D eigenvalue weighted by molar-refractivity contribution is 8.01. The Kier molecular flexibility index (Phi) is 5.81. The minimum Gasteiger partial charge on any atom is -0.300 e. The number of hydrogen-bond donors (Lipinski definition) is 3. The summed E-state index contributed by atoms with van der Waals surface area (Å²) in [4.78, 5) is 22.7. The van der Waals surface area contributed by atoms with Gasteiger partial charge in [0.05, 0.1) is 12.2 Å². The van der Waals surface area contributed by atoms with Crippen molar-refractivity contribution in [1.29, 1.82) is 0 Å². The number of carbonyl (C=O) groups is 2. The van der Waals surface area contributed by atoms with Gasteiger partial charge in [0.2, 0.25) is 11.0 Å². The lowest BCUT2D eigenvalue weighted by atomic mass is 10.1. The van der Waals surface area contributed by atoms with Crippen LogP contribution in [-0.2, 0) is 16.0 Å². The first-order valence-electron chi connectivity index (χ1n) is 6.00. The zero-order valence-corrected chi connectivity index (χ0v) is 12.7. The van der Waals surface area contributed by atoms with Crippen molar-refractivity contribution in [2.24, 2.45) is 0 Å². The maximum atomic E-state index is 12.8. The van der Waals surface area contributed by atoms with Crippen molar-refractivity contribution in [2.45, 2.75) is 10.8 Å². The van der Waals surface area contributed by atoms with Crippen LogP contribution in [0.1, 0.15) is 5.56 Å². The second-order valence-electron chi connectivity index (χ2n) is 4.05. The smallest absolute Gasteiger partial charge is 0.253 e. The molecule has 10 heteroatoms. The third kappa shape index (κ3) is 5.06. The Morgan fingerprint density at radius 3 is 2.64 bits per heavy atom. The first-order chi connectivity index (χ1) is 10.6. The summed E-state index contributed by atoms with van der Waals surface area (Å²) < 4.78 is 13.3. The molecule has 0 aliphatic heterocycles. The molecule has 116 valence electrons. The summed E-state index contributed by atoms with van der Waals surface area (Å²) in [6.45, 7) is 0. The molecular weight excluding hydrogens is 331 g/mol. The van der Waals surface area contributed by atoms with Crippen molar-refractivity contribution in [2.75, 3.05) is 11.1 Å². The molecule has 0 atom stereocenters. The molecule has 1 heterocycles. The number of benzene rings is 1. The van der Waals surface area contributed by atoms with Gasteiger partial charge in [0.25, 0.3) is 5.91 Å². The van der Waals surface area contributed by atoms with Crippen LogP contribution in [0.2, 0.25) is 0 Å². The van der Waals surface area contributed by atoms with Gasteiger partial charge in [-0.2, -0.15) is 0 Å². The molecule has 0 aliphatic rings. The average Bonchev–Trinajstić information content (AvgIpc) is 2.94. The highest BCUT2D eigenvalue weighted by Gasteiger charge is 2.10. The first-order valence-corrected chi connectivity index (χ1v) is 7.80. The Labute approximate surface area is 132 Å². The SMILES string of the molecule is O=C(CSc1nnc(NC(=O)Cc2ccc(F)cc2)s1)NO. The van der Waals surface area contributed by atoms with Gasteiger partial charge in [-0.05, 0) is 17.7 Å². The van der Waals surface area contributed by atoms with E-state index >= 15 is 0 Å². The molecule has 0 radical (unpaired) electrons. The Morgan fingerprint density at radius 1 is 1.23 bits per heavy atom. The predicted molar refractivity (Wildman–Crippen MR) is 79.3 cm³/mol. The fourth-order valence-electron chi connectivity index (χ4n) is 1.43. The van der Waals surface area contributed by atoms with Crippen molar-refractivity contribution >= 4 is 40.0 Å². The van der Waals surface area contributed by atoms with E-state index in [1.807, 2.05) is 0 Å². The summed E-state index contributed by atoms with van der Waals surface area (Å²) >= 11 is 2.20. The molecule has 7 nitrogen and oxygen atoms in total. The standard InChI is InChI=1S/C12H11FN4O3S2/c13-8-3-1-7(2-4-8)5-9(18)14-11-15-16-12(22-11)21-6-10(19)17-20/h1-4,20H,5-6H2,(H,17,19)(H,14,15,18). The van der Waals surface area contributed by atoms with E-state index < -0.39 is 5.91 Å². The molecule has 2 amide bonds. The monoisotopic (exact) mass is 342 g/mol. The van der Waals surface area contributed by atoms with E-state index in [0.29, 0.717) is 15.0 Å².